The van der Waals surface area contributed by atoms with Gasteiger partial charge in [0.1, 0.15) is 0 Å². The fraction of sp³-hybridized carbons (Fsp3) is 0.0833. The third-order valence-corrected chi connectivity index (χ3v) is 6.58. The zero-order chi connectivity index (χ0) is 25.9. The second kappa shape index (κ2) is 9.74. The first-order valence-corrected chi connectivity index (χ1v) is 11.9. The minimum atomic E-state index is -5.60. The number of aromatic nitrogens is 3. The van der Waals surface area contributed by atoms with Gasteiger partial charge in [-0.1, -0.05) is 12.1 Å². The van der Waals surface area contributed by atoms with Crippen molar-refractivity contribution in [3.05, 3.63) is 96.6 Å². The maximum absolute atomic E-state index is 12.9. The van der Waals surface area contributed by atoms with Gasteiger partial charge in [-0.3, -0.25) is 14.7 Å². The molecule has 0 saturated heterocycles. The van der Waals surface area contributed by atoms with Crippen LogP contribution in [-0.4, -0.2) is 34.8 Å². The van der Waals surface area contributed by atoms with Crippen molar-refractivity contribution in [3.63, 3.8) is 0 Å². The van der Waals surface area contributed by atoms with Crippen LogP contribution in [0.3, 0.4) is 0 Å². The summed E-state index contributed by atoms with van der Waals surface area (Å²) >= 11 is 0. The Hall–Kier alpha value is -4.32. The molecule has 2 aromatic carbocycles. The fourth-order valence-corrected chi connectivity index (χ4v) is 4.14. The van der Waals surface area contributed by atoms with Gasteiger partial charge in [0.2, 0.25) is 5.95 Å². The van der Waals surface area contributed by atoms with Crippen LogP contribution in [-0.2, 0) is 9.84 Å². The molecule has 0 fully saturated rings. The highest BCUT2D eigenvalue weighted by atomic mass is 32.2. The lowest BCUT2D eigenvalue weighted by Gasteiger charge is -2.25. The van der Waals surface area contributed by atoms with E-state index in [1.807, 2.05) is 6.92 Å². The molecule has 0 atom stereocenters. The molecular weight excluding hydrogens is 495 g/mol. The van der Waals surface area contributed by atoms with E-state index in [1.165, 1.54) is 6.07 Å². The van der Waals surface area contributed by atoms with Crippen molar-refractivity contribution in [2.24, 2.45) is 0 Å². The smallest absolute Gasteiger partial charge is 0.322 e. The van der Waals surface area contributed by atoms with Gasteiger partial charge in [0.05, 0.1) is 16.3 Å². The lowest BCUT2D eigenvalue weighted by atomic mass is 10.1. The molecule has 0 unspecified atom stereocenters. The number of benzene rings is 2. The van der Waals surface area contributed by atoms with E-state index in [1.54, 1.807) is 66.1 Å². The Kier molecular flexibility index (Phi) is 6.71. The number of aryl methyl sites for hydroxylation is 1. The van der Waals surface area contributed by atoms with Crippen LogP contribution in [0.25, 0.3) is 0 Å². The first-order valence-electron chi connectivity index (χ1n) is 10.4. The number of nitrogens with zero attached hydrogens (tertiary/aromatic N) is 4. The van der Waals surface area contributed by atoms with E-state index in [9.17, 15) is 26.4 Å². The van der Waals surface area contributed by atoms with E-state index < -0.39 is 26.1 Å². The van der Waals surface area contributed by atoms with Crippen LogP contribution in [0.5, 0.6) is 0 Å². The number of halogens is 3. The maximum atomic E-state index is 12.9. The lowest BCUT2D eigenvalue weighted by Crippen LogP contribution is -2.23. The summed E-state index contributed by atoms with van der Waals surface area (Å²) in [5.41, 5.74) is -3.27. The average molecular weight is 514 g/mol. The minimum Gasteiger partial charge on any atom is -0.322 e. The third kappa shape index (κ3) is 5.03. The summed E-state index contributed by atoms with van der Waals surface area (Å²) in [6.07, 6.45) is 6.38. The average Bonchev–Trinajstić information content (AvgIpc) is 2.87. The third-order valence-electron chi connectivity index (χ3n) is 5.09. The quantitative estimate of drug-likeness (QED) is 0.378. The summed E-state index contributed by atoms with van der Waals surface area (Å²) in [6.45, 7) is 1.85. The molecule has 0 saturated carbocycles. The van der Waals surface area contributed by atoms with Crippen molar-refractivity contribution in [2.45, 2.75) is 17.3 Å². The van der Waals surface area contributed by atoms with Gasteiger partial charge in [0, 0.05) is 36.0 Å². The number of hydrogen-bond acceptors (Lipinski definition) is 7. The Labute approximate surface area is 204 Å². The highest BCUT2D eigenvalue weighted by Gasteiger charge is 2.47. The van der Waals surface area contributed by atoms with Crippen LogP contribution in [0.2, 0.25) is 0 Å². The van der Waals surface area contributed by atoms with Gasteiger partial charge in [0.25, 0.3) is 15.7 Å². The van der Waals surface area contributed by atoms with Gasteiger partial charge >= 0.3 is 5.51 Å². The Morgan fingerprint density at radius 2 is 1.61 bits per heavy atom. The second-order valence-electron chi connectivity index (χ2n) is 7.52. The van der Waals surface area contributed by atoms with Crippen molar-refractivity contribution in [1.82, 2.24) is 15.0 Å². The van der Waals surface area contributed by atoms with Crippen LogP contribution in [0, 0.1) is 6.92 Å². The largest absolute Gasteiger partial charge is 0.501 e. The molecule has 0 radical (unpaired) electrons. The molecule has 0 aliphatic carbocycles. The number of amides is 1. The van der Waals surface area contributed by atoms with E-state index in [2.05, 4.69) is 20.3 Å². The Balaban J connectivity index is 1.69. The first kappa shape index (κ1) is 24.8. The molecule has 0 aliphatic rings. The van der Waals surface area contributed by atoms with E-state index >= 15 is 0 Å². The van der Waals surface area contributed by atoms with Gasteiger partial charge in [-0.15, -0.1) is 0 Å². The molecule has 184 valence electrons. The van der Waals surface area contributed by atoms with Gasteiger partial charge in [-0.05, 0) is 61.0 Å². The van der Waals surface area contributed by atoms with Crippen LogP contribution >= 0.6 is 0 Å². The Bertz CT molecular complexity index is 1460. The van der Waals surface area contributed by atoms with Crippen LogP contribution in [0.4, 0.5) is 36.2 Å². The number of sulfone groups is 1. The summed E-state index contributed by atoms with van der Waals surface area (Å²) in [5, 5.41) is 2.61. The molecule has 1 amide bonds. The molecule has 2 heterocycles. The normalized spacial score (nSPS) is 11.7. The zero-order valence-electron chi connectivity index (χ0n) is 18.6. The molecule has 36 heavy (non-hydrogen) atoms. The van der Waals surface area contributed by atoms with Crippen LogP contribution in [0.1, 0.15) is 15.9 Å². The Morgan fingerprint density at radius 1 is 0.917 bits per heavy atom. The lowest BCUT2D eigenvalue weighted by molar-refractivity contribution is -0.0436. The molecular formula is C24H18F3N5O3S. The standard InChI is InChI=1S/C24H18F3N5O3S/c1-16-6-7-18(31-22(33)17-4-2-5-20(14-17)36(34,35)24(25,26)27)15-21(16)32(19-8-12-28-13-9-19)23-29-10-3-11-30-23/h2-15H,1H3,(H,31,33). The van der Waals surface area contributed by atoms with Crippen LogP contribution in [0.15, 0.2) is 90.3 Å². The van der Waals surface area contributed by atoms with Crippen LogP contribution < -0.4 is 10.2 Å². The van der Waals surface area contributed by atoms with Gasteiger partial charge in [-0.2, -0.15) is 13.2 Å². The molecule has 0 bridgehead atoms. The molecule has 8 nitrogen and oxygen atoms in total. The van der Waals surface area contributed by atoms with E-state index in [4.69, 9.17) is 0 Å². The predicted molar refractivity (Wildman–Crippen MR) is 127 cm³/mol. The number of anilines is 4. The van der Waals surface area contributed by atoms with Gasteiger partial charge in [-0.25, -0.2) is 18.4 Å². The fourth-order valence-electron chi connectivity index (χ4n) is 3.33. The summed E-state index contributed by atoms with van der Waals surface area (Å²) < 4.78 is 62.3. The predicted octanol–water partition coefficient (Wildman–Crippen LogP) is 5.20. The highest BCUT2D eigenvalue weighted by Crippen LogP contribution is 2.36. The van der Waals surface area contributed by atoms with Gasteiger partial charge < -0.3 is 5.32 Å². The van der Waals surface area contributed by atoms with E-state index in [0.717, 1.165) is 17.7 Å². The van der Waals surface area contributed by atoms with Crippen molar-refractivity contribution >= 4 is 38.8 Å². The molecule has 1 N–H and O–H groups in total. The summed E-state index contributed by atoms with van der Waals surface area (Å²) in [4.78, 5) is 26.2. The molecule has 0 spiro atoms. The molecule has 4 aromatic rings. The summed E-state index contributed by atoms with van der Waals surface area (Å²) in [7, 11) is -5.60. The summed E-state index contributed by atoms with van der Waals surface area (Å²) in [5.74, 6) is -0.421. The number of carbonyl (C=O) groups is 1. The summed E-state index contributed by atoms with van der Waals surface area (Å²) in [6, 6.07) is 14.0. The molecule has 4 rings (SSSR count). The molecule has 0 aliphatic heterocycles. The maximum Gasteiger partial charge on any atom is 0.501 e. The topological polar surface area (TPSA) is 105 Å². The number of alkyl halides is 3. The Morgan fingerprint density at radius 3 is 2.28 bits per heavy atom. The number of hydrogen-bond donors (Lipinski definition) is 1. The number of carbonyl (C=O) groups excluding carboxylic acids is 1. The second-order valence-corrected chi connectivity index (χ2v) is 9.46. The van der Waals surface area contributed by atoms with Crippen molar-refractivity contribution in [2.75, 3.05) is 10.2 Å². The van der Waals surface area contributed by atoms with E-state index in [-0.39, 0.29) is 5.56 Å². The highest BCUT2D eigenvalue weighted by molar-refractivity contribution is 7.92. The van der Waals surface area contributed by atoms with E-state index in [0.29, 0.717) is 29.1 Å². The number of nitrogens with one attached hydrogen (secondary N) is 1. The SMILES string of the molecule is Cc1ccc(NC(=O)c2cccc(S(=O)(=O)C(F)(F)F)c2)cc1N(c1ccncc1)c1ncccn1. The first-order chi connectivity index (χ1) is 17.1. The van der Waals surface area contributed by atoms with Crippen molar-refractivity contribution < 1.29 is 26.4 Å². The van der Waals surface area contributed by atoms with Crippen molar-refractivity contribution in [3.8, 4) is 0 Å². The number of pyridine rings is 1. The minimum absolute atomic E-state index is 0.250. The van der Waals surface area contributed by atoms with Gasteiger partial charge in [0.15, 0.2) is 0 Å². The molecule has 2 aromatic heterocycles. The zero-order valence-corrected chi connectivity index (χ0v) is 19.5. The molecule has 12 heteroatoms. The number of rotatable bonds is 6. The van der Waals surface area contributed by atoms with Crippen molar-refractivity contribution in [1.29, 1.82) is 0 Å². The monoisotopic (exact) mass is 513 g/mol.